The van der Waals surface area contributed by atoms with Gasteiger partial charge in [0.25, 0.3) is 5.91 Å². The zero-order chi connectivity index (χ0) is 27.9. The number of benzene rings is 2. The smallest absolute Gasteiger partial charge is 0.270 e. The van der Waals surface area contributed by atoms with E-state index in [1.54, 1.807) is 14.2 Å². The van der Waals surface area contributed by atoms with Crippen molar-refractivity contribution in [3.8, 4) is 5.75 Å². The Morgan fingerprint density at radius 1 is 0.925 bits per heavy atom. The third kappa shape index (κ3) is 6.11. The van der Waals surface area contributed by atoms with Crippen LogP contribution in [-0.2, 0) is 16.1 Å². The Morgan fingerprint density at radius 2 is 1.57 bits per heavy atom. The van der Waals surface area contributed by atoms with Crippen LogP contribution < -0.4 is 25.2 Å². The van der Waals surface area contributed by atoms with E-state index in [1.165, 1.54) is 11.4 Å². The summed E-state index contributed by atoms with van der Waals surface area (Å²) in [6.45, 7) is 7.17. The number of carbonyl (C=O) groups excluding carboxylic acids is 1. The second kappa shape index (κ2) is 12.7. The lowest BCUT2D eigenvalue weighted by Gasteiger charge is -2.37. The highest BCUT2D eigenvalue weighted by molar-refractivity contribution is 5.94. The largest absolute Gasteiger partial charge is 0.497 e. The first-order chi connectivity index (χ1) is 19.6. The number of nitrogens with zero attached hydrogens (tertiary/aromatic N) is 3. The van der Waals surface area contributed by atoms with Crippen LogP contribution >= 0.6 is 0 Å². The van der Waals surface area contributed by atoms with Crippen molar-refractivity contribution < 1.29 is 14.3 Å². The van der Waals surface area contributed by atoms with Crippen molar-refractivity contribution in [2.45, 2.75) is 26.3 Å². The highest BCUT2D eigenvalue weighted by atomic mass is 16.5. The SMILES string of the molecule is CCC1=C(C(=O)NCc2ccc(N3CCN(c4ccc(OC)cc4)CC3)cc2)N2C=CC(OC)=CC2=CCCN1. The van der Waals surface area contributed by atoms with Crippen molar-refractivity contribution >= 4 is 17.3 Å². The predicted molar refractivity (Wildman–Crippen MR) is 160 cm³/mol. The minimum Gasteiger partial charge on any atom is -0.497 e. The first kappa shape index (κ1) is 27.2. The summed E-state index contributed by atoms with van der Waals surface area (Å²) in [6.07, 6.45) is 9.50. The number of methoxy groups -OCH3 is 2. The second-order valence-electron chi connectivity index (χ2n) is 9.98. The molecule has 0 spiro atoms. The molecular weight excluding hydrogens is 502 g/mol. The van der Waals surface area contributed by atoms with Crippen molar-refractivity contribution in [1.82, 2.24) is 15.5 Å². The zero-order valence-corrected chi connectivity index (χ0v) is 23.7. The van der Waals surface area contributed by atoms with E-state index in [9.17, 15) is 4.79 Å². The summed E-state index contributed by atoms with van der Waals surface area (Å²) in [5.74, 6) is 1.55. The van der Waals surface area contributed by atoms with Gasteiger partial charge in [0.2, 0.25) is 0 Å². The number of hydrogen-bond acceptors (Lipinski definition) is 7. The number of nitrogens with one attached hydrogen (secondary N) is 2. The molecule has 5 rings (SSSR count). The predicted octanol–water partition coefficient (Wildman–Crippen LogP) is 4.50. The van der Waals surface area contributed by atoms with Gasteiger partial charge < -0.3 is 34.8 Å². The number of carbonyl (C=O) groups is 1. The summed E-state index contributed by atoms with van der Waals surface area (Å²) in [5, 5.41) is 6.60. The van der Waals surface area contributed by atoms with Crippen molar-refractivity contribution in [2.75, 3.05) is 56.7 Å². The molecule has 0 saturated carbocycles. The molecule has 3 aliphatic rings. The average molecular weight is 542 g/mol. The maximum atomic E-state index is 13.5. The lowest BCUT2D eigenvalue weighted by molar-refractivity contribution is -0.118. The topological polar surface area (TPSA) is 69.3 Å². The Bertz CT molecular complexity index is 1300. The quantitative estimate of drug-likeness (QED) is 0.510. The van der Waals surface area contributed by atoms with Gasteiger partial charge in [0.05, 0.1) is 14.2 Å². The molecule has 3 heterocycles. The molecule has 0 aromatic heterocycles. The molecule has 40 heavy (non-hydrogen) atoms. The summed E-state index contributed by atoms with van der Waals surface area (Å²) < 4.78 is 10.7. The number of amides is 1. The van der Waals surface area contributed by atoms with Crippen LogP contribution in [0, 0.1) is 0 Å². The van der Waals surface area contributed by atoms with Crippen molar-refractivity contribution in [3.63, 3.8) is 0 Å². The van der Waals surface area contributed by atoms with E-state index in [2.05, 4.69) is 69.8 Å². The van der Waals surface area contributed by atoms with Crippen LogP contribution in [0.3, 0.4) is 0 Å². The molecule has 0 radical (unpaired) electrons. The summed E-state index contributed by atoms with van der Waals surface area (Å²) in [7, 11) is 3.35. The van der Waals surface area contributed by atoms with Gasteiger partial charge in [-0.15, -0.1) is 0 Å². The number of rotatable bonds is 8. The molecule has 8 heteroatoms. The fourth-order valence-electron chi connectivity index (χ4n) is 5.30. The van der Waals surface area contributed by atoms with E-state index < -0.39 is 0 Å². The van der Waals surface area contributed by atoms with Gasteiger partial charge in [-0.2, -0.15) is 0 Å². The first-order valence-electron chi connectivity index (χ1n) is 14.0. The van der Waals surface area contributed by atoms with Gasteiger partial charge in [-0.1, -0.05) is 25.1 Å². The minimum atomic E-state index is -0.102. The molecule has 0 bridgehead atoms. The molecular formula is C32H39N5O3. The van der Waals surface area contributed by atoms with Crippen LogP contribution in [-0.4, -0.2) is 57.8 Å². The lowest BCUT2D eigenvalue weighted by Crippen LogP contribution is -2.46. The molecule has 1 saturated heterocycles. The van der Waals surface area contributed by atoms with Crippen LogP contribution in [0.1, 0.15) is 25.3 Å². The first-order valence-corrected chi connectivity index (χ1v) is 14.0. The molecule has 0 atom stereocenters. The fraction of sp³-hybridized carbons (Fsp3) is 0.344. The van der Waals surface area contributed by atoms with Gasteiger partial charge in [-0.3, -0.25) is 4.79 Å². The molecule has 2 N–H and O–H groups in total. The van der Waals surface area contributed by atoms with Crippen LogP contribution in [0.5, 0.6) is 5.75 Å². The van der Waals surface area contributed by atoms with Crippen LogP contribution in [0.15, 0.2) is 95.8 Å². The summed E-state index contributed by atoms with van der Waals surface area (Å²) in [5.41, 5.74) is 6.02. The normalized spacial score (nSPS) is 17.2. The van der Waals surface area contributed by atoms with E-state index in [4.69, 9.17) is 9.47 Å². The minimum absolute atomic E-state index is 0.102. The molecule has 0 aliphatic carbocycles. The van der Waals surface area contributed by atoms with Gasteiger partial charge >= 0.3 is 0 Å². The van der Waals surface area contributed by atoms with E-state index in [0.29, 0.717) is 12.2 Å². The Balaban J connectivity index is 1.19. The molecule has 1 fully saturated rings. The third-order valence-corrected chi connectivity index (χ3v) is 7.60. The van der Waals surface area contributed by atoms with Crippen molar-refractivity contribution in [3.05, 3.63) is 101 Å². The van der Waals surface area contributed by atoms with Crippen molar-refractivity contribution in [2.24, 2.45) is 0 Å². The summed E-state index contributed by atoms with van der Waals surface area (Å²) in [4.78, 5) is 20.3. The highest BCUT2D eigenvalue weighted by Gasteiger charge is 2.26. The summed E-state index contributed by atoms with van der Waals surface area (Å²) >= 11 is 0. The van der Waals surface area contributed by atoms with E-state index in [1.807, 2.05) is 35.4 Å². The number of piperazine rings is 1. The highest BCUT2D eigenvalue weighted by Crippen LogP contribution is 2.27. The Hall–Kier alpha value is -4.33. The fourth-order valence-corrected chi connectivity index (χ4v) is 5.30. The third-order valence-electron chi connectivity index (χ3n) is 7.60. The average Bonchev–Trinajstić information content (AvgIpc) is 3.00. The van der Waals surface area contributed by atoms with Gasteiger partial charge in [0.1, 0.15) is 17.2 Å². The monoisotopic (exact) mass is 541 g/mol. The van der Waals surface area contributed by atoms with Gasteiger partial charge in [0.15, 0.2) is 0 Å². The Kier molecular flexibility index (Phi) is 8.64. The van der Waals surface area contributed by atoms with E-state index in [0.717, 1.165) is 74.0 Å². The van der Waals surface area contributed by atoms with Gasteiger partial charge in [0, 0.05) is 74.3 Å². The van der Waals surface area contributed by atoms with Gasteiger partial charge in [-0.05, 0) is 60.9 Å². The number of anilines is 2. The maximum Gasteiger partial charge on any atom is 0.270 e. The Morgan fingerprint density at radius 3 is 2.17 bits per heavy atom. The zero-order valence-electron chi connectivity index (χ0n) is 23.7. The van der Waals surface area contributed by atoms with Crippen LogP contribution in [0.4, 0.5) is 11.4 Å². The van der Waals surface area contributed by atoms with Crippen LogP contribution in [0.25, 0.3) is 0 Å². The molecule has 1 amide bonds. The molecule has 3 aliphatic heterocycles. The summed E-state index contributed by atoms with van der Waals surface area (Å²) in [6, 6.07) is 16.8. The number of hydrogen-bond donors (Lipinski definition) is 2. The number of allylic oxidation sites excluding steroid dienone is 3. The number of ether oxygens (including phenoxy) is 2. The van der Waals surface area contributed by atoms with E-state index in [-0.39, 0.29) is 5.91 Å². The molecule has 2 aromatic rings. The molecule has 0 unspecified atom stereocenters. The maximum absolute atomic E-state index is 13.5. The van der Waals surface area contributed by atoms with E-state index >= 15 is 0 Å². The molecule has 2 aromatic carbocycles. The standard InChI is InChI=1S/C32H39N5O3/c1-4-30-31(37-17-15-29(40-3)22-27(37)6-5-16-33-30)32(38)34-23-24-7-9-25(10-8-24)35-18-20-36(21-19-35)26-11-13-28(39-2)14-12-26/h6-15,17,22,33H,4-5,16,18-21,23H2,1-3H3,(H,34,38). The Labute approximate surface area is 237 Å². The van der Waals surface area contributed by atoms with Crippen LogP contribution in [0.2, 0.25) is 0 Å². The molecule has 8 nitrogen and oxygen atoms in total. The molecule has 210 valence electrons. The van der Waals surface area contributed by atoms with Crippen molar-refractivity contribution in [1.29, 1.82) is 0 Å². The lowest BCUT2D eigenvalue weighted by atomic mass is 10.1. The second-order valence-corrected chi connectivity index (χ2v) is 9.98. The number of fused-ring (bicyclic) bond motifs is 1. The van der Waals surface area contributed by atoms with Gasteiger partial charge in [-0.25, -0.2) is 0 Å².